The zero-order valence-electron chi connectivity index (χ0n) is 15.9. The molecule has 0 spiro atoms. The molecule has 0 aliphatic rings. The number of ether oxygens (including phenoxy) is 1. The third-order valence-electron chi connectivity index (χ3n) is 3.96. The Labute approximate surface area is 168 Å². The molecule has 1 heterocycles. The second-order valence-electron chi connectivity index (χ2n) is 6.49. The van der Waals surface area contributed by atoms with Gasteiger partial charge in [0.1, 0.15) is 0 Å². The molecule has 156 valence electrons. The van der Waals surface area contributed by atoms with Crippen molar-refractivity contribution >= 4 is 13.7 Å². The van der Waals surface area contributed by atoms with Crippen LogP contribution in [0.3, 0.4) is 0 Å². The summed E-state index contributed by atoms with van der Waals surface area (Å²) in [7, 11) is -4.28. The minimum absolute atomic E-state index is 0. The van der Waals surface area contributed by atoms with Gasteiger partial charge in [-0.1, -0.05) is 51.5 Å². The molecule has 0 aliphatic carbocycles. The number of carbonyl (C=O) groups is 1. The standard InChI is InChI=1S/C18H31N2O5P.ClH/c1-2-3-4-5-6-7-9-12-19-18(21)25-17(16-26(22,23)24)15-20-13-10-8-11-14-20;/h8,10-11,13-14,17H,2-7,9,12,15-16H2,1H3,(H2-,19,21,22,23,24);1H. The Hall–Kier alpha value is -1.14. The topological polar surface area (TPSA) is 99.7 Å². The molecule has 1 unspecified atom stereocenters. The quantitative estimate of drug-likeness (QED) is 0.236. The van der Waals surface area contributed by atoms with Crippen molar-refractivity contribution < 1.29 is 40.9 Å². The maximum Gasteiger partial charge on any atom is 0.407 e. The number of nitrogens with one attached hydrogen (secondary N) is 1. The summed E-state index contributed by atoms with van der Waals surface area (Å²) in [5.74, 6) is 0. The Balaban J connectivity index is 0.00000676. The monoisotopic (exact) mass is 422 g/mol. The first kappa shape index (κ1) is 25.9. The molecule has 3 N–H and O–H groups in total. The van der Waals surface area contributed by atoms with Crippen LogP contribution in [0.2, 0.25) is 0 Å². The van der Waals surface area contributed by atoms with Gasteiger partial charge in [0.2, 0.25) is 0 Å². The molecule has 0 saturated carbocycles. The minimum Gasteiger partial charge on any atom is -1.00 e. The number of aromatic nitrogens is 1. The van der Waals surface area contributed by atoms with Gasteiger partial charge in [0, 0.05) is 18.7 Å². The molecular formula is C18H32ClN2O5P. The van der Waals surface area contributed by atoms with Gasteiger partial charge in [0.15, 0.2) is 25.0 Å². The normalized spacial score (nSPS) is 12.1. The Morgan fingerprint density at radius 1 is 1.07 bits per heavy atom. The number of hydrogen-bond acceptors (Lipinski definition) is 3. The number of hydrogen-bond donors (Lipinski definition) is 3. The van der Waals surface area contributed by atoms with Crippen LogP contribution in [-0.2, 0) is 15.8 Å². The fraction of sp³-hybridized carbons (Fsp3) is 0.667. The number of halogens is 1. The summed E-state index contributed by atoms with van der Waals surface area (Å²) in [5, 5.41) is 2.66. The van der Waals surface area contributed by atoms with Crippen LogP contribution in [0.5, 0.6) is 0 Å². The lowest BCUT2D eigenvalue weighted by Crippen LogP contribution is -3.00. The van der Waals surface area contributed by atoms with Crippen LogP contribution in [0.1, 0.15) is 51.9 Å². The van der Waals surface area contributed by atoms with Crippen LogP contribution in [0, 0.1) is 0 Å². The van der Waals surface area contributed by atoms with Crippen molar-refractivity contribution in [3.8, 4) is 0 Å². The summed E-state index contributed by atoms with van der Waals surface area (Å²) in [4.78, 5) is 30.3. The van der Waals surface area contributed by atoms with E-state index in [0.29, 0.717) is 6.54 Å². The summed E-state index contributed by atoms with van der Waals surface area (Å²) in [6, 6.07) is 5.44. The van der Waals surface area contributed by atoms with E-state index in [2.05, 4.69) is 12.2 Å². The van der Waals surface area contributed by atoms with Crippen LogP contribution < -0.4 is 22.3 Å². The van der Waals surface area contributed by atoms with E-state index in [1.165, 1.54) is 25.7 Å². The zero-order valence-corrected chi connectivity index (χ0v) is 17.6. The van der Waals surface area contributed by atoms with Crippen molar-refractivity contribution in [3.63, 3.8) is 0 Å². The van der Waals surface area contributed by atoms with E-state index in [-0.39, 0.29) is 19.0 Å². The van der Waals surface area contributed by atoms with Crippen LogP contribution in [0.25, 0.3) is 0 Å². The van der Waals surface area contributed by atoms with Gasteiger partial charge in [-0.25, -0.2) is 9.36 Å². The van der Waals surface area contributed by atoms with Gasteiger partial charge in [-0.15, -0.1) is 0 Å². The van der Waals surface area contributed by atoms with Crippen molar-refractivity contribution in [2.75, 3.05) is 12.7 Å². The fourth-order valence-corrected chi connectivity index (χ4v) is 3.37. The van der Waals surface area contributed by atoms with Gasteiger partial charge < -0.3 is 32.2 Å². The Kier molecular flexibility index (Phi) is 14.2. The summed E-state index contributed by atoms with van der Waals surface area (Å²) in [6.07, 6.45) is 9.54. The highest BCUT2D eigenvalue weighted by Crippen LogP contribution is 2.35. The van der Waals surface area contributed by atoms with Crippen molar-refractivity contribution in [1.82, 2.24) is 5.32 Å². The number of carbonyl (C=O) groups excluding carboxylic acids is 1. The molecule has 1 aromatic rings. The van der Waals surface area contributed by atoms with Gasteiger partial charge in [0.25, 0.3) is 0 Å². The summed E-state index contributed by atoms with van der Waals surface area (Å²) < 4.78 is 18.2. The summed E-state index contributed by atoms with van der Waals surface area (Å²) >= 11 is 0. The molecule has 1 amide bonds. The molecule has 0 aliphatic heterocycles. The van der Waals surface area contributed by atoms with Crippen molar-refractivity contribution in [2.45, 2.75) is 64.5 Å². The maximum absolute atomic E-state index is 11.9. The van der Waals surface area contributed by atoms with E-state index < -0.39 is 26.0 Å². The Bertz CT molecular complexity index is 556. The van der Waals surface area contributed by atoms with Gasteiger partial charge >= 0.3 is 13.7 Å². The predicted octanol–water partition coefficient (Wildman–Crippen LogP) is 0.00120. The molecule has 0 fully saturated rings. The summed E-state index contributed by atoms with van der Waals surface area (Å²) in [6.45, 7) is 2.89. The molecule has 0 aromatic carbocycles. The van der Waals surface area contributed by atoms with E-state index >= 15 is 0 Å². The molecule has 1 aromatic heterocycles. The Morgan fingerprint density at radius 3 is 2.26 bits per heavy atom. The first-order valence-corrected chi connectivity index (χ1v) is 11.1. The molecule has 9 heteroatoms. The highest BCUT2D eigenvalue weighted by Gasteiger charge is 2.28. The van der Waals surface area contributed by atoms with E-state index in [0.717, 1.165) is 19.3 Å². The molecule has 1 rings (SSSR count). The third-order valence-corrected chi connectivity index (χ3v) is 4.84. The van der Waals surface area contributed by atoms with Crippen molar-refractivity contribution in [1.29, 1.82) is 0 Å². The number of alkyl carbamates (subject to hydrolysis) is 1. The van der Waals surface area contributed by atoms with Crippen molar-refractivity contribution in [3.05, 3.63) is 30.6 Å². The van der Waals surface area contributed by atoms with Gasteiger partial charge in [0.05, 0.1) is 6.16 Å². The highest BCUT2D eigenvalue weighted by atomic mass is 35.5. The first-order valence-electron chi connectivity index (χ1n) is 9.34. The maximum atomic E-state index is 11.9. The van der Waals surface area contributed by atoms with Crippen LogP contribution in [-0.4, -0.2) is 34.7 Å². The first-order chi connectivity index (χ1) is 12.4. The predicted molar refractivity (Wildman–Crippen MR) is 99.8 cm³/mol. The van der Waals surface area contributed by atoms with E-state index in [4.69, 9.17) is 4.74 Å². The second-order valence-corrected chi connectivity index (χ2v) is 8.19. The average Bonchev–Trinajstić information content (AvgIpc) is 2.56. The van der Waals surface area contributed by atoms with Crippen LogP contribution >= 0.6 is 7.60 Å². The number of amides is 1. The van der Waals surface area contributed by atoms with Crippen molar-refractivity contribution in [2.24, 2.45) is 0 Å². The zero-order chi connectivity index (χ0) is 19.3. The number of unbranched alkanes of at least 4 members (excludes halogenated alkanes) is 6. The number of nitrogens with zero attached hydrogens (tertiary/aromatic N) is 1. The summed E-state index contributed by atoms with van der Waals surface area (Å²) in [5.41, 5.74) is 0. The fourth-order valence-electron chi connectivity index (χ4n) is 2.65. The van der Waals surface area contributed by atoms with E-state index in [9.17, 15) is 19.1 Å². The van der Waals surface area contributed by atoms with Gasteiger partial charge in [-0.2, -0.15) is 0 Å². The lowest BCUT2D eigenvalue weighted by atomic mass is 10.1. The van der Waals surface area contributed by atoms with Crippen LogP contribution in [0.4, 0.5) is 4.79 Å². The molecule has 0 radical (unpaired) electrons. The van der Waals surface area contributed by atoms with Gasteiger partial charge in [-0.3, -0.25) is 4.57 Å². The Morgan fingerprint density at radius 2 is 1.67 bits per heavy atom. The largest absolute Gasteiger partial charge is 1.00 e. The molecule has 1 atom stereocenters. The lowest BCUT2D eigenvalue weighted by molar-refractivity contribution is -0.702. The molecule has 0 saturated heterocycles. The van der Waals surface area contributed by atoms with E-state index in [1.807, 2.05) is 6.07 Å². The third kappa shape index (κ3) is 14.6. The molecular weight excluding hydrogens is 391 g/mol. The molecule has 7 nitrogen and oxygen atoms in total. The highest BCUT2D eigenvalue weighted by molar-refractivity contribution is 7.51. The van der Waals surface area contributed by atoms with Crippen LogP contribution in [0.15, 0.2) is 30.6 Å². The SMILES string of the molecule is CCCCCCCCCNC(=O)OC(C[n+]1ccccc1)CP(=O)(O)O.[Cl-]. The minimum atomic E-state index is -4.28. The molecule has 27 heavy (non-hydrogen) atoms. The van der Waals surface area contributed by atoms with Gasteiger partial charge in [-0.05, 0) is 6.42 Å². The van der Waals surface area contributed by atoms with E-state index in [1.54, 1.807) is 29.1 Å². The number of pyridine rings is 1. The smallest absolute Gasteiger partial charge is 0.407 e. The number of rotatable bonds is 13. The lowest BCUT2D eigenvalue weighted by Gasteiger charge is -2.16. The second kappa shape index (κ2) is 14.9. The average molecular weight is 423 g/mol. The molecule has 0 bridgehead atoms.